The summed E-state index contributed by atoms with van der Waals surface area (Å²) in [5.74, 6) is -0.775. The number of carbonyl (C=O) groups is 1. The summed E-state index contributed by atoms with van der Waals surface area (Å²) >= 11 is 0. The molecule has 4 heteroatoms. The molecular formula is C8H17NO3. The zero-order chi connectivity index (χ0) is 9.78. The molecule has 72 valence electrons. The van der Waals surface area contributed by atoms with Crippen LogP contribution in [0, 0.1) is 0 Å². The van der Waals surface area contributed by atoms with E-state index in [0.717, 1.165) is 0 Å². The second-order valence-electron chi connectivity index (χ2n) is 3.92. The fraction of sp³-hybridized carbons (Fsp3) is 0.875. The third kappa shape index (κ3) is 16.2. The third-order valence-electron chi connectivity index (χ3n) is 0.805. The Morgan fingerprint density at radius 2 is 2.00 bits per heavy atom. The highest BCUT2D eigenvalue weighted by Crippen LogP contribution is 2.12. The second kappa shape index (κ2) is 4.42. The van der Waals surface area contributed by atoms with Gasteiger partial charge < -0.3 is 15.6 Å². The fourth-order valence-corrected chi connectivity index (χ4v) is 0.381. The molecule has 1 saturated heterocycles. The quantitative estimate of drug-likeness (QED) is 0.603. The van der Waals surface area contributed by atoms with Gasteiger partial charge in [-0.15, -0.1) is 0 Å². The van der Waals surface area contributed by atoms with E-state index in [1.54, 1.807) is 0 Å². The topological polar surface area (TPSA) is 75.9 Å². The number of hydrogen-bond donors (Lipinski definition) is 2. The smallest absolute Gasteiger partial charge is 0.306 e. The van der Waals surface area contributed by atoms with E-state index in [2.05, 4.69) is 4.74 Å². The maximum Gasteiger partial charge on any atom is 0.306 e. The average Bonchev–Trinajstić information content (AvgIpc) is 2.41. The van der Waals surface area contributed by atoms with Gasteiger partial charge in [0.25, 0.3) is 0 Å². The van der Waals surface area contributed by atoms with Crippen molar-refractivity contribution in [2.45, 2.75) is 38.8 Å². The van der Waals surface area contributed by atoms with Crippen LogP contribution in [0.3, 0.4) is 0 Å². The van der Waals surface area contributed by atoms with Crippen LogP contribution in [0.5, 0.6) is 0 Å². The maximum atomic E-state index is 9.77. The lowest BCUT2D eigenvalue weighted by molar-refractivity contribution is -0.137. The van der Waals surface area contributed by atoms with Gasteiger partial charge in [0.05, 0.1) is 19.1 Å². The number of aliphatic carboxylic acids is 1. The first-order chi connectivity index (χ1) is 5.29. The average molecular weight is 175 g/mol. The van der Waals surface area contributed by atoms with Crippen LogP contribution >= 0.6 is 0 Å². The predicted octanol–water partition coefficient (Wildman–Crippen LogP) is 0.603. The Kier molecular flexibility index (Phi) is 4.20. The monoisotopic (exact) mass is 175 g/mol. The van der Waals surface area contributed by atoms with Gasteiger partial charge in [-0.25, -0.2) is 0 Å². The van der Waals surface area contributed by atoms with Crippen molar-refractivity contribution in [3.63, 3.8) is 0 Å². The molecule has 1 rings (SSSR count). The summed E-state index contributed by atoms with van der Waals surface area (Å²) in [6.45, 7) is 6.53. The Labute approximate surface area is 72.7 Å². The molecule has 0 aromatic rings. The number of carboxylic acids is 1. The molecule has 4 nitrogen and oxygen atoms in total. The molecule has 0 unspecified atom stereocenters. The Morgan fingerprint density at radius 1 is 1.67 bits per heavy atom. The van der Waals surface area contributed by atoms with Crippen molar-refractivity contribution in [1.29, 1.82) is 0 Å². The Bertz CT molecular complexity index is 141. The molecule has 0 bridgehead atoms. The summed E-state index contributed by atoms with van der Waals surface area (Å²) in [6.07, 6.45) is 0.192. The largest absolute Gasteiger partial charge is 0.481 e. The highest BCUT2D eigenvalue weighted by atomic mass is 16.6. The van der Waals surface area contributed by atoms with Crippen molar-refractivity contribution >= 4 is 5.97 Å². The second-order valence-corrected chi connectivity index (χ2v) is 3.92. The molecule has 1 aliphatic heterocycles. The van der Waals surface area contributed by atoms with E-state index in [0.29, 0.717) is 6.61 Å². The van der Waals surface area contributed by atoms with E-state index < -0.39 is 5.97 Å². The molecule has 1 atom stereocenters. The highest BCUT2D eigenvalue weighted by Gasteiger charge is 2.24. The minimum atomic E-state index is -0.775. The molecule has 1 aliphatic rings. The van der Waals surface area contributed by atoms with Gasteiger partial charge in [-0.3, -0.25) is 4.79 Å². The van der Waals surface area contributed by atoms with Gasteiger partial charge in [-0.1, -0.05) is 0 Å². The lowest BCUT2D eigenvalue weighted by Gasteiger charge is -2.06. The van der Waals surface area contributed by atoms with E-state index >= 15 is 0 Å². The Morgan fingerprint density at radius 3 is 2.08 bits per heavy atom. The zero-order valence-corrected chi connectivity index (χ0v) is 7.83. The lowest BCUT2D eigenvalue weighted by Crippen LogP contribution is -2.26. The van der Waals surface area contributed by atoms with Crippen LogP contribution in [0.25, 0.3) is 0 Å². The number of rotatable bonds is 2. The Hall–Kier alpha value is -0.610. The maximum absolute atomic E-state index is 9.77. The summed E-state index contributed by atoms with van der Waals surface area (Å²) in [5.41, 5.74) is 5.35. The molecule has 0 saturated carbocycles. The van der Waals surface area contributed by atoms with Crippen molar-refractivity contribution in [2.24, 2.45) is 5.73 Å². The molecule has 0 aromatic carbocycles. The third-order valence-corrected chi connectivity index (χ3v) is 0.805. The first-order valence-corrected chi connectivity index (χ1v) is 3.91. The summed E-state index contributed by atoms with van der Waals surface area (Å²) in [6, 6.07) is 0. The molecule has 0 radical (unpaired) electrons. The molecule has 12 heavy (non-hydrogen) atoms. The van der Waals surface area contributed by atoms with Crippen molar-refractivity contribution < 1.29 is 14.6 Å². The van der Waals surface area contributed by atoms with E-state index in [-0.39, 0.29) is 18.1 Å². The summed E-state index contributed by atoms with van der Waals surface area (Å²) < 4.78 is 4.64. The first kappa shape index (κ1) is 11.4. The van der Waals surface area contributed by atoms with E-state index in [9.17, 15) is 4.79 Å². The van der Waals surface area contributed by atoms with Crippen LogP contribution in [-0.2, 0) is 9.53 Å². The van der Waals surface area contributed by atoms with Crippen molar-refractivity contribution in [3.05, 3.63) is 0 Å². The molecule has 3 N–H and O–H groups in total. The molecule has 0 spiro atoms. The Balaban J connectivity index is 0.000000217. The predicted molar refractivity (Wildman–Crippen MR) is 45.9 cm³/mol. The molecule has 0 aliphatic carbocycles. The molecule has 1 heterocycles. The number of hydrogen-bond acceptors (Lipinski definition) is 3. The van der Waals surface area contributed by atoms with Crippen molar-refractivity contribution in [3.8, 4) is 0 Å². The minimum Gasteiger partial charge on any atom is -0.481 e. The number of carboxylic acid groups (broad SMARTS) is 1. The molecular weight excluding hydrogens is 158 g/mol. The summed E-state index contributed by atoms with van der Waals surface area (Å²) in [4.78, 5) is 9.77. The van der Waals surface area contributed by atoms with Gasteiger partial charge in [-0.05, 0) is 20.8 Å². The summed E-state index contributed by atoms with van der Waals surface area (Å²) in [5, 5.41) is 8.04. The van der Waals surface area contributed by atoms with E-state index in [4.69, 9.17) is 10.8 Å². The van der Waals surface area contributed by atoms with Crippen LogP contribution in [0.2, 0.25) is 0 Å². The van der Waals surface area contributed by atoms with Gasteiger partial charge in [0.15, 0.2) is 0 Å². The van der Waals surface area contributed by atoms with E-state index in [1.807, 2.05) is 20.8 Å². The molecule has 0 aromatic heterocycles. The van der Waals surface area contributed by atoms with Crippen molar-refractivity contribution in [2.75, 3.05) is 6.61 Å². The van der Waals surface area contributed by atoms with Gasteiger partial charge in [0.1, 0.15) is 0 Å². The number of nitrogens with two attached hydrogens (primary N) is 1. The van der Waals surface area contributed by atoms with Gasteiger partial charge in [0, 0.05) is 5.54 Å². The van der Waals surface area contributed by atoms with Gasteiger partial charge in [0.2, 0.25) is 0 Å². The molecule has 0 amide bonds. The van der Waals surface area contributed by atoms with Crippen LogP contribution in [-0.4, -0.2) is 29.3 Å². The van der Waals surface area contributed by atoms with Gasteiger partial charge in [-0.2, -0.15) is 0 Å². The van der Waals surface area contributed by atoms with Crippen LogP contribution in [0.1, 0.15) is 27.2 Å². The van der Waals surface area contributed by atoms with Crippen LogP contribution < -0.4 is 5.73 Å². The highest BCUT2D eigenvalue weighted by molar-refractivity contribution is 5.67. The van der Waals surface area contributed by atoms with Gasteiger partial charge >= 0.3 is 5.97 Å². The number of ether oxygens (including phenoxy) is 1. The fourth-order valence-electron chi connectivity index (χ4n) is 0.381. The van der Waals surface area contributed by atoms with Crippen LogP contribution in [0.15, 0.2) is 0 Å². The SMILES string of the molecule is CC(C)(C)N.O=C(O)C[C@H]1CO1. The molecule has 1 fully saturated rings. The standard InChI is InChI=1S/C4H11N.C4H6O3/c1-4(2,3)5;5-4(6)1-3-2-7-3/h5H2,1-3H3;3H,1-2H2,(H,5,6)/t;3-/m.0/s1. The first-order valence-electron chi connectivity index (χ1n) is 3.91. The minimum absolute atomic E-state index is 0. The number of epoxide rings is 1. The van der Waals surface area contributed by atoms with E-state index in [1.165, 1.54) is 0 Å². The normalized spacial score (nSPS) is 20.8. The summed E-state index contributed by atoms with van der Waals surface area (Å²) in [7, 11) is 0. The van der Waals surface area contributed by atoms with Crippen LogP contribution in [0.4, 0.5) is 0 Å². The zero-order valence-electron chi connectivity index (χ0n) is 7.83. The lowest BCUT2D eigenvalue weighted by atomic mass is 10.1. The van der Waals surface area contributed by atoms with Crippen molar-refractivity contribution in [1.82, 2.24) is 0 Å².